The van der Waals surface area contributed by atoms with Crippen molar-refractivity contribution in [3.8, 4) is 0 Å². The Morgan fingerprint density at radius 2 is 2.33 bits per heavy atom. The van der Waals surface area contributed by atoms with E-state index in [0.29, 0.717) is 13.0 Å². The molecule has 5 heteroatoms. The van der Waals surface area contributed by atoms with E-state index in [1.165, 1.54) is 18.7 Å². The van der Waals surface area contributed by atoms with Gasteiger partial charge in [-0.3, -0.25) is 4.79 Å². The fourth-order valence-corrected chi connectivity index (χ4v) is 1.39. The third-order valence-electron chi connectivity index (χ3n) is 2.24. The van der Waals surface area contributed by atoms with Gasteiger partial charge in [0.15, 0.2) is 6.10 Å². The molecule has 0 aromatic carbocycles. The maximum atomic E-state index is 11.6. The average molecular weight is 213 g/mol. The van der Waals surface area contributed by atoms with Crippen molar-refractivity contribution < 1.29 is 19.4 Å². The lowest BCUT2D eigenvalue weighted by Gasteiger charge is -2.19. The zero-order valence-corrected chi connectivity index (χ0v) is 8.90. The normalized spacial score (nSPS) is 22.7. The van der Waals surface area contributed by atoms with Crippen LogP contribution in [0.2, 0.25) is 0 Å². The fourth-order valence-electron chi connectivity index (χ4n) is 1.39. The van der Waals surface area contributed by atoms with Crippen molar-refractivity contribution in [2.75, 3.05) is 6.54 Å². The first kappa shape index (κ1) is 11.7. The van der Waals surface area contributed by atoms with Crippen LogP contribution in [0.15, 0.2) is 12.2 Å². The number of nitrogens with zero attached hydrogens (tertiary/aromatic N) is 1. The lowest BCUT2D eigenvalue weighted by atomic mass is 10.3. The standard InChI is InChI=1S/C10H15NO4/c1-6(2)10(14)15-8-4-5-11(7(3)12)9(8)13/h7-8,12H,1,4-5H2,2-3H3. The van der Waals surface area contributed by atoms with Crippen LogP contribution < -0.4 is 0 Å². The lowest BCUT2D eigenvalue weighted by Crippen LogP contribution is -2.37. The van der Waals surface area contributed by atoms with E-state index in [-0.39, 0.29) is 11.5 Å². The van der Waals surface area contributed by atoms with Gasteiger partial charge in [-0.1, -0.05) is 6.58 Å². The first-order valence-electron chi connectivity index (χ1n) is 4.78. The van der Waals surface area contributed by atoms with E-state index in [1.807, 2.05) is 0 Å². The van der Waals surface area contributed by atoms with Crippen LogP contribution >= 0.6 is 0 Å². The number of amides is 1. The minimum absolute atomic E-state index is 0.262. The first-order chi connectivity index (χ1) is 6.93. The molecular weight excluding hydrogens is 198 g/mol. The number of carbonyl (C=O) groups excluding carboxylic acids is 2. The van der Waals surface area contributed by atoms with E-state index >= 15 is 0 Å². The maximum Gasteiger partial charge on any atom is 0.333 e. The van der Waals surface area contributed by atoms with Gasteiger partial charge in [0.2, 0.25) is 0 Å². The zero-order valence-electron chi connectivity index (χ0n) is 8.90. The van der Waals surface area contributed by atoms with Gasteiger partial charge in [-0.15, -0.1) is 0 Å². The molecular formula is C10H15NO4. The smallest absolute Gasteiger partial charge is 0.333 e. The van der Waals surface area contributed by atoms with E-state index in [9.17, 15) is 14.7 Å². The topological polar surface area (TPSA) is 66.8 Å². The number of hydrogen-bond donors (Lipinski definition) is 1. The molecule has 0 aromatic rings. The quantitative estimate of drug-likeness (QED) is 0.531. The highest BCUT2D eigenvalue weighted by Crippen LogP contribution is 2.17. The Morgan fingerprint density at radius 3 is 2.73 bits per heavy atom. The number of ether oxygens (including phenoxy) is 1. The van der Waals surface area contributed by atoms with Crippen molar-refractivity contribution >= 4 is 11.9 Å². The van der Waals surface area contributed by atoms with Crippen molar-refractivity contribution in [1.82, 2.24) is 4.90 Å². The van der Waals surface area contributed by atoms with E-state index in [1.54, 1.807) is 0 Å². The van der Waals surface area contributed by atoms with Crippen LogP contribution in [0.4, 0.5) is 0 Å². The highest BCUT2D eigenvalue weighted by Gasteiger charge is 2.36. The molecule has 1 aliphatic heterocycles. The molecule has 0 aliphatic carbocycles. The highest BCUT2D eigenvalue weighted by atomic mass is 16.5. The summed E-state index contributed by atoms with van der Waals surface area (Å²) in [4.78, 5) is 24.0. The third-order valence-corrected chi connectivity index (χ3v) is 2.24. The number of hydrogen-bond acceptors (Lipinski definition) is 4. The SMILES string of the molecule is C=C(C)C(=O)OC1CCN(C(C)O)C1=O. The zero-order chi connectivity index (χ0) is 11.6. The summed E-state index contributed by atoms with van der Waals surface area (Å²) < 4.78 is 4.92. The van der Waals surface area contributed by atoms with Crippen LogP contribution in [-0.4, -0.2) is 40.8 Å². The molecule has 5 nitrogen and oxygen atoms in total. The molecule has 1 amide bonds. The Labute approximate surface area is 88.3 Å². The molecule has 1 heterocycles. The summed E-state index contributed by atoms with van der Waals surface area (Å²) in [6.07, 6.45) is -1.20. The molecule has 84 valence electrons. The predicted molar refractivity (Wildman–Crippen MR) is 52.7 cm³/mol. The van der Waals surface area contributed by atoms with E-state index in [2.05, 4.69) is 6.58 Å². The van der Waals surface area contributed by atoms with Gasteiger partial charge in [-0.25, -0.2) is 4.79 Å². The molecule has 15 heavy (non-hydrogen) atoms. The molecule has 0 bridgehead atoms. The molecule has 1 fully saturated rings. The maximum absolute atomic E-state index is 11.6. The minimum atomic E-state index is -0.842. The Kier molecular flexibility index (Phi) is 3.47. The van der Waals surface area contributed by atoms with Gasteiger partial charge in [-0.05, 0) is 13.8 Å². The number of likely N-dealkylation sites (tertiary alicyclic amines) is 1. The number of rotatable bonds is 3. The summed E-state index contributed by atoms with van der Waals surface area (Å²) in [6.45, 7) is 6.86. The summed E-state index contributed by atoms with van der Waals surface area (Å²) in [5, 5.41) is 9.23. The first-order valence-corrected chi connectivity index (χ1v) is 4.78. The van der Waals surface area contributed by atoms with Crippen molar-refractivity contribution in [2.24, 2.45) is 0 Å². The number of aliphatic hydroxyl groups is 1. The molecule has 0 saturated carbocycles. The van der Waals surface area contributed by atoms with Crippen LogP contribution in [0.25, 0.3) is 0 Å². The summed E-state index contributed by atoms with van der Waals surface area (Å²) in [5.74, 6) is -0.916. The Bertz CT molecular complexity index is 298. The van der Waals surface area contributed by atoms with Crippen molar-refractivity contribution in [3.63, 3.8) is 0 Å². The Hall–Kier alpha value is -1.36. The average Bonchev–Trinajstić information content (AvgIpc) is 2.48. The summed E-state index contributed by atoms with van der Waals surface area (Å²) in [5.41, 5.74) is 0.262. The molecule has 2 atom stereocenters. The molecule has 1 saturated heterocycles. The third kappa shape index (κ3) is 2.56. The monoisotopic (exact) mass is 213 g/mol. The molecule has 1 rings (SSSR count). The van der Waals surface area contributed by atoms with Crippen molar-refractivity contribution in [3.05, 3.63) is 12.2 Å². The molecule has 0 spiro atoms. The highest BCUT2D eigenvalue weighted by molar-refractivity contribution is 5.91. The van der Waals surface area contributed by atoms with Gasteiger partial charge >= 0.3 is 5.97 Å². The number of esters is 1. The van der Waals surface area contributed by atoms with E-state index < -0.39 is 18.3 Å². The second-order valence-electron chi connectivity index (χ2n) is 3.63. The van der Waals surface area contributed by atoms with Crippen molar-refractivity contribution in [1.29, 1.82) is 0 Å². The number of carbonyl (C=O) groups is 2. The van der Waals surface area contributed by atoms with Crippen LogP contribution in [0.3, 0.4) is 0 Å². The second-order valence-corrected chi connectivity index (χ2v) is 3.63. The number of aliphatic hydroxyl groups excluding tert-OH is 1. The second kappa shape index (κ2) is 4.44. The van der Waals surface area contributed by atoms with E-state index in [0.717, 1.165) is 0 Å². The molecule has 2 unspecified atom stereocenters. The van der Waals surface area contributed by atoms with Crippen molar-refractivity contribution in [2.45, 2.75) is 32.6 Å². The molecule has 1 aliphatic rings. The minimum Gasteiger partial charge on any atom is -0.449 e. The van der Waals surface area contributed by atoms with Crippen LogP contribution in [0.1, 0.15) is 20.3 Å². The van der Waals surface area contributed by atoms with Gasteiger partial charge in [0.25, 0.3) is 5.91 Å². The molecule has 0 aromatic heterocycles. The van der Waals surface area contributed by atoms with Gasteiger partial charge in [0, 0.05) is 18.5 Å². The Morgan fingerprint density at radius 1 is 1.73 bits per heavy atom. The Balaban J connectivity index is 2.57. The lowest BCUT2D eigenvalue weighted by molar-refractivity contribution is -0.155. The largest absolute Gasteiger partial charge is 0.449 e. The van der Waals surface area contributed by atoms with Gasteiger partial charge < -0.3 is 14.7 Å². The fraction of sp³-hybridized carbons (Fsp3) is 0.600. The molecule has 0 radical (unpaired) electrons. The van der Waals surface area contributed by atoms with Gasteiger partial charge in [0.05, 0.1) is 0 Å². The van der Waals surface area contributed by atoms with Crippen LogP contribution in [-0.2, 0) is 14.3 Å². The van der Waals surface area contributed by atoms with Crippen LogP contribution in [0.5, 0.6) is 0 Å². The summed E-state index contributed by atoms with van der Waals surface area (Å²) in [7, 11) is 0. The summed E-state index contributed by atoms with van der Waals surface area (Å²) >= 11 is 0. The van der Waals surface area contributed by atoms with Crippen LogP contribution in [0, 0.1) is 0 Å². The summed E-state index contributed by atoms with van der Waals surface area (Å²) in [6, 6.07) is 0. The predicted octanol–water partition coefficient (Wildman–Crippen LogP) is 0.0449. The van der Waals surface area contributed by atoms with E-state index in [4.69, 9.17) is 4.74 Å². The molecule has 1 N–H and O–H groups in total. The van der Waals surface area contributed by atoms with Gasteiger partial charge in [-0.2, -0.15) is 0 Å². The van der Waals surface area contributed by atoms with Gasteiger partial charge in [0.1, 0.15) is 6.23 Å².